The summed E-state index contributed by atoms with van der Waals surface area (Å²) in [5, 5.41) is 0.624. The van der Waals surface area contributed by atoms with Crippen molar-refractivity contribution in [3.8, 4) is 28.5 Å². The summed E-state index contributed by atoms with van der Waals surface area (Å²) in [5.74, 6) is 0.518. The molecular formula is C30H29NO6. The zero-order valence-electron chi connectivity index (χ0n) is 21.8. The van der Waals surface area contributed by atoms with Crippen molar-refractivity contribution in [1.82, 2.24) is 4.98 Å². The molecule has 190 valence electrons. The number of esters is 1. The van der Waals surface area contributed by atoms with E-state index in [2.05, 4.69) is 0 Å². The van der Waals surface area contributed by atoms with Gasteiger partial charge in [0.15, 0.2) is 18.1 Å². The second-order valence-corrected chi connectivity index (χ2v) is 8.74. The molecule has 7 nitrogen and oxygen atoms in total. The van der Waals surface area contributed by atoms with Gasteiger partial charge in [-0.3, -0.25) is 4.79 Å². The van der Waals surface area contributed by atoms with E-state index in [4.69, 9.17) is 23.9 Å². The fourth-order valence-corrected chi connectivity index (χ4v) is 4.27. The first-order chi connectivity index (χ1) is 17.8. The molecule has 0 bridgehead atoms. The number of benzene rings is 3. The number of hydrogen-bond acceptors (Lipinski definition) is 7. The summed E-state index contributed by atoms with van der Waals surface area (Å²) in [4.78, 5) is 30.9. The lowest BCUT2D eigenvalue weighted by atomic mass is 9.98. The van der Waals surface area contributed by atoms with Crippen LogP contribution < -0.4 is 14.2 Å². The lowest BCUT2D eigenvalue weighted by molar-refractivity contribution is 0.0476. The van der Waals surface area contributed by atoms with Crippen LogP contribution in [0.15, 0.2) is 54.6 Å². The van der Waals surface area contributed by atoms with Crippen LogP contribution >= 0.6 is 0 Å². The molecular weight excluding hydrogens is 470 g/mol. The number of carbonyl (C=O) groups is 2. The van der Waals surface area contributed by atoms with E-state index in [9.17, 15) is 9.59 Å². The van der Waals surface area contributed by atoms with Gasteiger partial charge in [-0.05, 0) is 67.8 Å². The summed E-state index contributed by atoms with van der Waals surface area (Å²) in [7, 11) is 4.60. The van der Waals surface area contributed by atoms with Crippen LogP contribution in [0.2, 0.25) is 0 Å². The van der Waals surface area contributed by atoms with E-state index in [0.29, 0.717) is 50.5 Å². The third-order valence-electron chi connectivity index (χ3n) is 6.37. The third-order valence-corrected chi connectivity index (χ3v) is 6.37. The van der Waals surface area contributed by atoms with E-state index in [1.165, 1.54) is 21.3 Å². The number of rotatable bonds is 8. The zero-order chi connectivity index (χ0) is 26.7. The number of carbonyl (C=O) groups excluding carboxylic acids is 2. The van der Waals surface area contributed by atoms with Gasteiger partial charge in [0.1, 0.15) is 0 Å². The number of hydrogen-bond donors (Lipinski definition) is 0. The largest absolute Gasteiger partial charge is 0.493 e. The number of methoxy groups -OCH3 is 3. The maximum absolute atomic E-state index is 13.3. The molecule has 0 N–H and O–H groups in total. The fourth-order valence-electron chi connectivity index (χ4n) is 4.27. The molecule has 0 aliphatic carbocycles. The fraction of sp³-hybridized carbons (Fsp3) is 0.233. The first-order valence-electron chi connectivity index (χ1n) is 11.8. The maximum atomic E-state index is 13.3. The molecule has 0 fully saturated rings. The Morgan fingerprint density at radius 1 is 0.757 bits per heavy atom. The average molecular weight is 500 g/mol. The van der Waals surface area contributed by atoms with Gasteiger partial charge >= 0.3 is 5.97 Å². The Balaban J connectivity index is 1.71. The molecule has 0 atom stereocenters. The topological polar surface area (TPSA) is 84.0 Å². The second kappa shape index (κ2) is 10.7. The van der Waals surface area contributed by atoms with Crippen molar-refractivity contribution < 1.29 is 28.5 Å². The SMILES string of the molecule is COc1cc(-c2cc(C(=O)OCC(=O)c3cc(C)c(C)cc3C)c3ccccc3n2)cc(OC)c1OC. The Morgan fingerprint density at radius 2 is 1.41 bits per heavy atom. The minimum absolute atomic E-state index is 0.253. The molecule has 37 heavy (non-hydrogen) atoms. The van der Waals surface area contributed by atoms with Crippen molar-refractivity contribution in [2.24, 2.45) is 0 Å². The molecule has 4 rings (SSSR count). The van der Waals surface area contributed by atoms with Gasteiger partial charge in [0, 0.05) is 16.5 Å². The van der Waals surface area contributed by atoms with Crippen LogP contribution in [0.1, 0.15) is 37.4 Å². The van der Waals surface area contributed by atoms with Gasteiger partial charge in [0.2, 0.25) is 11.5 Å². The standard InChI is InChI=1S/C30H29NO6/c1-17-11-19(3)22(12-18(17)2)26(32)16-37-30(33)23-15-25(31-24-10-8-7-9-21(23)24)20-13-27(34-4)29(36-6)28(14-20)35-5/h7-15H,16H2,1-6H3. The highest BCUT2D eigenvalue weighted by molar-refractivity contribution is 6.06. The molecule has 1 aromatic heterocycles. The van der Waals surface area contributed by atoms with Crippen molar-refractivity contribution in [3.63, 3.8) is 0 Å². The second-order valence-electron chi connectivity index (χ2n) is 8.74. The van der Waals surface area contributed by atoms with E-state index in [0.717, 1.165) is 16.7 Å². The summed E-state index contributed by atoms with van der Waals surface area (Å²) in [6.07, 6.45) is 0. The first kappa shape index (κ1) is 25.7. The summed E-state index contributed by atoms with van der Waals surface area (Å²) in [5.41, 5.74) is 5.61. The molecule has 0 saturated carbocycles. The summed E-state index contributed by atoms with van der Waals surface area (Å²) >= 11 is 0. The lowest BCUT2D eigenvalue weighted by Crippen LogP contribution is -2.16. The van der Waals surface area contributed by atoms with E-state index < -0.39 is 5.97 Å². The highest BCUT2D eigenvalue weighted by Crippen LogP contribution is 2.41. The molecule has 7 heteroatoms. The number of aromatic nitrogens is 1. The molecule has 0 spiro atoms. The monoisotopic (exact) mass is 499 g/mol. The smallest absolute Gasteiger partial charge is 0.339 e. The predicted molar refractivity (Wildman–Crippen MR) is 142 cm³/mol. The number of nitrogens with zero attached hydrogens (tertiary/aromatic N) is 1. The van der Waals surface area contributed by atoms with Gasteiger partial charge in [-0.1, -0.05) is 24.3 Å². The lowest BCUT2D eigenvalue weighted by Gasteiger charge is -2.15. The number of para-hydroxylation sites is 1. The Labute approximate surface area is 216 Å². The molecule has 0 radical (unpaired) electrons. The van der Waals surface area contributed by atoms with Crippen molar-refractivity contribution in [1.29, 1.82) is 0 Å². The summed E-state index contributed by atoms with van der Waals surface area (Å²) < 4.78 is 21.9. The normalized spacial score (nSPS) is 10.8. The van der Waals surface area contributed by atoms with Crippen molar-refractivity contribution in [2.45, 2.75) is 20.8 Å². The van der Waals surface area contributed by atoms with Crippen LogP contribution in [-0.2, 0) is 4.74 Å². The molecule has 4 aromatic rings. The molecule has 1 heterocycles. The average Bonchev–Trinajstić information content (AvgIpc) is 2.91. The molecule has 0 saturated heterocycles. The first-order valence-corrected chi connectivity index (χ1v) is 11.8. The maximum Gasteiger partial charge on any atom is 0.339 e. The summed E-state index contributed by atoms with van der Waals surface area (Å²) in [6.45, 7) is 5.46. The molecule has 0 aliphatic heterocycles. The van der Waals surface area contributed by atoms with Crippen molar-refractivity contribution >= 4 is 22.7 Å². The Hall–Kier alpha value is -4.39. The number of fused-ring (bicyclic) bond motifs is 1. The van der Waals surface area contributed by atoms with Crippen LogP contribution in [0.25, 0.3) is 22.2 Å². The van der Waals surface area contributed by atoms with Gasteiger partial charge in [-0.2, -0.15) is 0 Å². The number of ether oxygens (including phenoxy) is 4. The Morgan fingerprint density at radius 3 is 2.05 bits per heavy atom. The highest BCUT2D eigenvalue weighted by Gasteiger charge is 2.20. The van der Waals surface area contributed by atoms with E-state index in [1.54, 1.807) is 24.3 Å². The number of ketones is 1. The predicted octanol–water partition coefficient (Wildman–Crippen LogP) is 5.89. The van der Waals surface area contributed by atoms with Gasteiger partial charge < -0.3 is 18.9 Å². The van der Waals surface area contributed by atoms with Crippen molar-refractivity contribution in [3.05, 3.63) is 82.4 Å². The van der Waals surface area contributed by atoms with Gasteiger partial charge in [-0.25, -0.2) is 9.78 Å². The Bertz CT molecular complexity index is 1480. The van der Waals surface area contributed by atoms with Crippen LogP contribution in [0, 0.1) is 20.8 Å². The van der Waals surface area contributed by atoms with Gasteiger partial charge in [0.25, 0.3) is 0 Å². The molecule has 0 amide bonds. The van der Waals surface area contributed by atoms with E-state index >= 15 is 0 Å². The minimum atomic E-state index is -0.609. The number of Topliss-reactive ketones (excluding diaryl/α,β-unsaturated/α-hetero) is 1. The van der Waals surface area contributed by atoms with Crippen LogP contribution in [-0.4, -0.2) is 44.7 Å². The number of pyridine rings is 1. The quantitative estimate of drug-likeness (QED) is 0.221. The number of aryl methyl sites for hydroxylation is 3. The van der Waals surface area contributed by atoms with Crippen LogP contribution in [0.5, 0.6) is 17.2 Å². The minimum Gasteiger partial charge on any atom is -0.493 e. The third kappa shape index (κ3) is 5.11. The highest BCUT2D eigenvalue weighted by atomic mass is 16.5. The molecule has 3 aromatic carbocycles. The van der Waals surface area contributed by atoms with Crippen LogP contribution in [0.4, 0.5) is 0 Å². The van der Waals surface area contributed by atoms with Crippen LogP contribution in [0.3, 0.4) is 0 Å². The zero-order valence-corrected chi connectivity index (χ0v) is 21.8. The Kier molecular flexibility index (Phi) is 7.43. The van der Waals surface area contributed by atoms with Gasteiger partial charge in [0.05, 0.1) is 38.1 Å². The van der Waals surface area contributed by atoms with Gasteiger partial charge in [-0.15, -0.1) is 0 Å². The summed E-state index contributed by atoms with van der Waals surface area (Å²) in [6, 6.07) is 16.3. The molecule has 0 aliphatic rings. The molecule has 0 unspecified atom stereocenters. The van der Waals surface area contributed by atoms with E-state index in [1.807, 2.05) is 51.1 Å². The van der Waals surface area contributed by atoms with E-state index in [-0.39, 0.29) is 12.4 Å². The van der Waals surface area contributed by atoms with Crippen molar-refractivity contribution in [2.75, 3.05) is 27.9 Å².